The Kier molecular flexibility index (Phi) is 4.37. The molecule has 5 heteroatoms. The molecule has 0 N–H and O–H groups in total. The third-order valence-corrected chi connectivity index (χ3v) is 6.20. The van der Waals surface area contributed by atoms with Gasteiger partial charge in [0.2, 0.25) is 5.91 Å². The van der Waals surface area contributed by atoms with Crippen molar-refractivity contribution >= 4 is 17.2 Å². The third-order valence-electron chi connectivity index (χ3n) is 5.34. The van der Waals surface area contributed by atoms with E-state index in [1.54, 1.807) is 12.4 Å². The highest BCUT2D eigenvalue weighted by Crippen LogP contribution is 2.41. The van der Waals surface area contributed by atoms with Crippen molar-refractivity contribution < 1.29 is 4.79 Å². The highest BCUT2D eigenvalue weighted by atomic mass is 32.1. The standard InChI is InChI=1S/C19H23N3OS/c23-18-19(7-11-22(18)13-16-4-8-20-9-5-16)6-2-10-21(15-19)14-17-3-1-12-24-17/h1,3-5,8-9,12H,2,6-7,10-11,13-15H2/t19-/m1/s1. The second-order valence-corrected chi connectivity index (χ2v) is 8.04. The van der Waals surface area contributed by atoms with Gasteiger partial charge in [0.25, 0.3) is 0 Å². The maximum atomic E-state index is 13.1. The van der Waals surface area contributed by atoms with E-state index in [1.165, 1.54) is 10.4 Å². The summed E-state index contributed by atoms with van der Waals surface area (Å²) >= 11 is 1.81. The number of rotatable bonds is 4. The molecule has 2 aromatic heterocycles. The lowest BCUT2D eigenvalue weighted by atomic mass is 9.78. The number of nitrogens with zero attached hydrogens (tertiary/aromatic N) is 3. The van der Waals surface area contributed by atoms with Crippen LogP contribution in [0.25, 0.3) is 0 Å². The molecule has 2 fully saturated rings. The summed E-state index contributed by atoms with van der Waals surface area (Å²) in [5.74, 6) is 0.357. The maximum Gasteiger partial charge on any atom is 0.230 e. The number of hydrogen-bond acceptors (Lipinski definition) is 4. The van der Waals surface area contributed by atoms with Gasteiger partial charge >= 0.3 is 0 Å². The summed E-state index contributed by atoms with van der Waals surface area (Å²) in [4.78, 5) is 23.1. The van der Waals surface area contributed by atoms with E-state index in [9.17, 15) is 4.79 Å². The largest absolute Gasteiger partial charge is 0.338 e. The monoisotopic (exact) mass is 341 g/mol. The Labute approximate surface area is 147 Å². The Morgan fingerprint density at radius 1 is 1.12 bits per heavy atom. The third kappa shape index (κ3) is 3.10. The van der Waals surface area contributed by atoms with E-state index < -0.39 is 0 Å². The average molecular weight is 341 g/mol. The van der Waals surface area contributed by atoms with Crippen LogP contribution in [-0.4, -0.2) is 40.3 Å². The van der Waals surface area contributed by atoms with Crippen molar-refractivity contribution in [3.05, 3.63) is 52.5 Å². The lowest BCUT2D eigenvalue weighted by Gasteiger charge is -2.39. The quantitative estimate of drug-likeness (QED) is 0.857. The van der Waals surface area contributed by atoms with Crippen molar-refractivity contribution in [2.75, 3.05) is 19.6 Å². The molecule has 4 rings (SSSR count). The summed E-state index contributed by atoms with van der Waals surface area (Å²) in [5.41, 5.74) is 1.02. The number of pyridine rings is 1. The molecule has 4 nitrogen and oxygen atoms in total. The van der Waals surface area contributed by atoms with Crippen molar-refractivity contribution in [1.29, 1.82) is 0 Å². The minimum atomic E-state index is -0.150. The van der Waals surface area contributed by atoms with Gasteiger partial charge in [0, 0.05) is 43.4 Å². The molecule has 0 radical (unpaired) electrons. The number of carbonyl (C=O) groups is 1. The fourth-order valence-electron chi connectivity index (χ4n) is 4.12. The highest BCUT2D eigenvalue weighted by molar-refractivity contribution is 7.09. The molecule has 2 saturated heterocycles. The van der Waals surface area contributed by atoms with Gasteiger partial charge in [-0.1, -0.05) is 6.07 Å². The lowest BCUT2D eigenvalue weighted by Crippen LogP contribution is -2.47. The highest BCUT2D eigenvalue weighted by Gasteiger charge is 2.48. The van der Waals surface area contributed by atoms with E-state index in [4.69, 9.17) is 0 Å². The molecule has 2 aromatic rings. The molecule has 0 unspecified atom stereocenters. The van der Waals surface area contributed by atoms with Crippen LogP contribution in [0.4, 0.5) is 0 Å². The van der Waals surface area contributed by atoms with Crippen molar-refractivity contribution in [2.24, 2.45) is 5.41 Å². The minimum Gasteiger partial charge on any atom is -0.338 e. The van der Waals surface area contributed by atoms with Gasteiger partial charge in [0.15, 0.2) is 0 Å². The molecule has 0 saturated carbocycles. The Hall–Kier alpha value is -1.72. The zero-order valence-electron chi connectivity index (χ0n) is 13.9. The first kappa shape index (κ1) is 15.8. The normalized spacial score (nSPS) is 24.8. The molecule has 4 heterocycles. The van der Waals surface area contributed by atoms with Crippen molar-refractivity contribution in [1.82, 2.24) is 14.8 Å². The van der Waals surface area contributed by atoms with Gasteiger partial charge in [0.05, 0.1) is 5.41 Å². The van der Waals surface area contributed by atoms with Crippen molar-refractivity contribution in [3.63, 3.8) is 0 Å². The molecule has 126 valence electrons. The number of aromatic nitrogens is 1. The van der Waals surface area contributed by atoms with Gasteiger partial charge in [-0.15, -0.1) is 11.3 Å². The van der Waals surface area contributed by atoms with Crippen LogP contribution in [0.3, 0.4) is 0 Å². The molecule has 24 heavy (non-hydrogen) atoms. The Morgan fingerprint density at radius 2 is 2.00 bits per heavy atom. The van der Waals surface area contributed by atoms with Crippen molar-refractivity contribution in [2.45, 2.75) is 32.4 Å². The van der Waals surface area contributed by atoms with E-state index in [0.717, 1.165) is 45.4 Å². The van der Waals surface area contributed by atoms with E-state index in [1.807, 2.05) is 28.4 Å². The minimum absolute atomic E-state index is 0.150. The molecule has 2 aliphatic rings. The lowest BCUT2D eigenvalue weighted by molar-refractivity contribution is -0.139. The van der Waals surface area contributed by atoms with Crippen LogP contribution in [0.2, 0.25) is 0 Å². The number of thiophene rings is 1. The predicted octanol–water partition coefficient (Wildman–Crippen LogP) is 3.16. The first-order valence-corrected chi connectivity index (χ1v) is 9.56. The Morgan fingerprint density at radius 3 is 2.79 bits per heavy atom. The van der Waals surface area contributed by atoms with E-state index in [2.05, 4.69) is 27.4 Å². The molecule has 2 aliphatic heterocycles. The van der Waals surface area contributed by atoms with Crippen LogP contribution in [0.15, 0.2) is 42.0 Å². The second-order valence-electron chi connectivity index (χ2n) is 7.01. The van der Waals surface area contributed by atoms with Crippen molar-refractivity contribution in [3.8, 4) is 0 Å². The van der Waals surface area contributed by atoms with Gasteiger partial charge < -0.3 is 4.90 Å². The molecule has 0 aliphatic carbocycles. The number of hydrogen-bond donors (Lipinski definition) is 0. The van der Waals surface area contributed by atoms with E-state index in [0.29, 0.717) is 12.5 Å². The first-order valence-electron chi connectivity index (χ1n) is 8.68. The smallest absolute Gasteiger partial charge is 0.230 e. The molecule has 1 spiro atoms. The van der Waals surface area contributed by atoms with Gasteiger partial charge in [-0.25, -0.2) is 0 Å². The van der Waals surface area contributed by atoms with Crippen LogP contribution in [0, 0.1) is 5.41 Å². The van der Waals surface area contributed by atoms with Gasteiger partial charge in [0.1, 0.15) is 0 Å². The molecule has 0 bridgehead atoms. The van der Waals surface area contributed by atoms with E-state index >= 15 is 0 Å². The number of carbonyl (C=O) groups excluding carboxylic acids is 1. The average Bonchev–Trinajstić information content (AvgIpc) is 3.21. The zero-order chi connectivity index (χ0) is 16.4. The molecular weight excluding hydrogens is 318 g/mol. The fourth-order valence-corrected chi connectivity index (χ4v) is 4.86. The number of piperidine rings is 1. The summed E-state index contributed by atoms with van der Waals surface area (Å²) in [6, 6.07) is 8.31. The number of amides is 1. The summed E-state index contributed by atoms with van der Waals surface area (Å²) in [5, 5.41) is 2.13. The second kappa shape index (κ2) is 6.65. The predicted molar refractivity (Wildman–Crippen MR) is 95.5 cm³/mol. The van der Waals surface area contributed by atoms with Gasteiger partial charge in [-0.3, -0.25) is 14.7 Å². The topological polar surface area (TPSA) is 36.4 Å². The molecule has 0 aromatic carbocycles. The van der Waals surface area contributed by atoms with Crippen LogP contribution >= 0.6 is 11.3 Å². The van der Waals surface area contributed by atoms with Gasteiger partial charge in [-0.05, 0) is 54.9 Å². The number of likely N-dealkylation sites (tertiary alicyclic amines) is 2. The zero-order valence-corrected chi connectivity index (χ0v) is 14.7. The Balaban J connectivity index is 1.44. The van der Waals surface area contributed by atoms with Crippen LogP contribution in [0.5, 0.6) is 0 Å². The van der Waals surface area contributed by atoms with Crippen LogP contribution in [-0.2, 0) is 17.9 Å². The van der Waals surface area contributed by atoms with Crippen LogP contribution in [0.1, 0.15) is 29.7 Å². The Bertz CT molecular complexity index is 688. The summed E-state index contributed by atoms with van der Waals surface area (Å²) in [7, 11) is 0. The summed E-state index contributed by atoms with van der Waals surface area (Å²) < 4.78 is 0. The molecule has 1 amide bonds. The fraction of sp³-hybridized carbons (Fsp3) is 0.474. The summed E-state index contributed by atoms with van der Waals surface area (Å²) in [6.45, 7) is 4.60. The first-order chi connectivity index (χ1) is 11.8. The van der Waals surface area contributed by atoms with E-state index in [-0.39, 0.29) is 5.41 Å². The summed E-state index contributed by atoms with van der Waals surface area (Å²) in [6.07, 6.45) is 6.77. The molecule has 1 atom stereocenters. The maximum absolute atomic E-state index is 13.1. The van der Waals surface area contributed by atoms with Crippen LogP contribution < -0.4 is 0 Å². The molecular formula is C19H23N3OS. The van der Waals surface area contributed by atoms with Gasteiger partial charge in [-0.2, -0.15) is 0 Å². The SMILES string of the molecule is O=C1N(Cc2ccncc2)CC[C@@]12CCCN(Cc1cccs1)C2.